The molecule has 0 unspecified atom stereocenters. The molecule has 0 saturated carbocycles. The third-order valence-electron chi connectivity index (χ3n) is 7.95. The number of aliphatic hydroxyl groups excluding tert-OH is 1. The Balaban J connectivity index is 1.64. The molecule has 3 aromatic rings. The maximum absolute atomic E-state index is 14.3. The Hall–Kier alpha value is -3.52. The standard InChI is InChI=1S/C32H46N6O6S/c1-23-17-38(24(2)21-39)32(40)28-16-27(35-45(41,42)31-20-37(5)22-34-31)9-10-29(28)44-25(3)8-6-7-15-43-30(23)19-36(4)18-26-11-13-33-14-12-26/h9-14,16,20,22-25,30,35,39H,6-8,15,17-19,21H2,1-5H3/t23-,24-,25+,30+/m1/s1. The number of carbonyl (C=O) groups is 1. The summed E-state index contributed by atoms with van der Waals surface area (Å²) in [6.07, 6.45) is 8.49. The highest BCUT2D eigenvalue weighted by atomic mass is 32.2. The lowest BCUT2D eigenvalue weighted by Gasteiger charge is -2.36. The predicted octanol–water partition coefficient (Wildman–Crippen LogP) is 3.54. The Kier molecular flexibility index (Phi) is 12.0. The van der Waals surface area contributed by atoms with Gasteiger partial charge in [-0.3, -0.25) is 19.4 Å². The zero-order valence-corrected chi connectivity index (χ0v) is 27.6. The zero-order chi connectivity index (χ0) is 32.6. The van der Waals surface area contributed by atoms with Crippen LogP contribution in [0, 0.1) is 5.92 Å². The minimum Gasteiger partial charge on any atom is -0.490 e. The van der Waals surface area contributed by atoms with Crippen LogP contribution in [-0.2, 0) is 28.4 Å². The van der Waals surface area contributed by atoms with Crippen LogP contribution < -0.4 is 9.46 Å². The van der Waals surface area contributed by atoms with Gasteiger partial charge in [0.05, 0.1) is 36.7 Å². The lowest BCUT2D eigenvalue weighted by atomic mass is 10.0. The van der Waals surface area contributed by atoms with Crippen molar-refractivity contribution < 1.29 is 27.8 Å². The van der Waals surface area contributed by atoms with E-state index in [0.29, 0.717) is 25.4 Å². The second-order valence-corrected chi connectivity index (χ2v) is 13.7. The van der Waals surface area contributed by atoms with Gasteiger partial charge in [-0.2, -0.15) is 8.42 Å². The molecule has 0 saturated heterocycles. The minimum absolute atomic E-state index is 0.0834. The molecule has 0 aliphatic carbocycles. The van der Waals surface area contributed by atoms with Crippen LogP contribution in [0.15, 0.2) is 60.3 Å². The van der Waals surface area contributed by atoms with Crippen molar-refractivity contribution in [1.29, 1.82) is 0 Å². The van der Waals surface area contributed by atoms with Crippen LogP contribution in [0.2, 0.25) is 0 Å². The molecule has 2 N–H and O–H groups in total. The van der Waals surface area contributed by atoms with E-state index in [9.17, 15) is 18.3 Å². The van der Waals surface area contributed by atoms with E-state index in [2.05, 4.69) is 26.5 Å². The molecular formula is C32H46N6O6S. The van der Waals surface area contributed by atoms with Gasteiger partial charge in [0.2, 0.25) is 0 Å². The molecule has 0 fully saturated rings. The van der Waals surface area contributed by atoms with Crippen molar-refractivity contribution in [3.63, 3.8) is 0 Å². The number of hydrogen-bond donors (Lipinski definition) is 2. The van der Waals surface area contributed by atoms with Gasteiger partial charge in [0.1, 0.15) is 5.75 Å². The van der Waals surface area contributed by atoms with Gasteiger partial charge in [0, 0.05) is 63.5 Å². The van der Waals surface area contributed by atoms with Gasteiger partial charge < -0.3 is 24.0 Å². The Morgan fingerprint density at radius 3 is 2.62 bits per heavy atom. The molecule has 45 heavy (non-hydrogen) atoms. The SMILES string of the molecule is C[C@@H]1CN([C@H](C)CO)C(=O)c2cc(NS(=O)(=O)c3cn(C)cn3)ccc2O[C@@H](C)CCCCO[C@H]1CN(C)Cc1ccncc1. The van der Waals surface area contributed by atoms with Crippen LogP contribution in [0.25, 0.3) is 0 Å². The first-order chi connectivity index (χ1) is 21.5. The smallest absolute Gasteiger partial charge is 0.280 e. The molecule has 1 aliphatic rings. The molecule has 13 heteroatoms. The first kappa shape index (κ1) is 34.4. The van der Waals surface area contributed by atoms with Crippen molar-refractivity contribution in [2.24, 2.45) is 13.0 Å². The molecule has 2 aromatic heterocycles. The normalized spacial score (nSPS) is 21.1. The van der Waals surface area contributed by atoms with Crippen LogP contribution >= 0.6 is 0 Å². The Morgan fingerprint density at radius 1 is 1.18 bits per heavy atom. The quantitative estimate of drug-likeness (QED) is 0.359. The van der Waals surface area contributed by atoms with E-state index in [4.69, 9.17) is 9.47 Å². The number of amides is 1. The van der Waals surface area contributed by atoms with Crippen LogP contribution in [0.3, 0.4) is 0 Å². The molecule has 0 bridgehead atoms. The second-order valence-electron chi connectivity index (χ2n) is 12.0. The highest BCUT2D eigenvalue weighted by Gasteiger charge is 2.31. The zero-order valence-electron chi connectivity index (χ0n) is 26.8. The number of nitrogens with zero attached hydrogens (tertiary/aromatic N) is 5. The summed E-state index contributed by atoms with van der Waals surface area (Å²) < 4.78 is 42.8. The molecule has 246 valence electrons. The highest BCUT2D eigenvalue weighted by Crippen LogP contribution is 2.29. The van der Waals surface area contributed by atoms with Crippen LogP contribution in [0.1, 0.15) is 56.0 Å². The van der Waals surface area contributed by atoms with Crippen molar-refractivity contribution in [2.45, 2.75) is 69.9 Å². The number of carbonyl (C=O) groups excluding carboxylic acids is 1. The van der Waals surface area contributed by atoms with E-state index in [1.807, 2.05) is 26.1 Å². The first-order valence-electron chi connectivity index (χ1n) is 15.4. The minimum atomic E-state index is -3.99. The van der Waals surface area contributed by atoms with Gasteiger partial charge in [-0.05, 0) is 76.1 Å². The lowest BCUT2D eigenvalue weighted by Crippen LogP contribution is -2.47. The number of benzene rings is 1. The topological polar surface area (TPSA) is 139 Å². The third-order valence-corrected chi connectivity index (χ3v) is 9.22. The van der Waals surface area contributed by atoms with Crippen molar-refractivity contribution in [1.82, 2.24) is 24.3 Å². The molecule has 4 rings (SSSR count). The van der Waals surface area contributed by atoms with Gasteiger partial charge in [0.25, 0.3) is 15.9 Å². The fourth-order valence-corrected chi connectivity index (χ4v) is 6.39. The number of aliphatic hydroxyl groups is 1. The van der Waals surface area contributed by atoms with Gasteiger partial charge in [0.15, 0.2) is 5.03 Å². The molecule has 3 heterocycles. The summed E-state index contributed by atoms with van der Waals surface area (Å²) in [5, 5.41) is 10.1. The predicted molar refractivity (Wildman–Crippen MR) is 171 cm³/mol. The van der Waals surface area contributed by atoms with E-state index in [0.717, 1.165) is 31.4 Å². The number of aromatic nitrogens is 3. The van der Waals surface area contributed by atoms with E-state index in [-0.39, 0.29) is 46.9 Å². The number of nitrogens with one attached hydrogen (secondary N) is 1. The summed E-state index contributed by atoms with van der Waals surface area (Å²) in [6, 6.07) is 8.16. The number of fused-ring (bicyclic) bond motifs is 1. The summed E-state index contributed by atoms with van der Waals surface area (Å²) >= 11 is 0. The van der Waals surface area contributed by atoms with E-state index < -0.39 is 16.1 Å². The van der Waals surface area contributed by atoms with Crippen molar-refractivity contribution in [3.05, 3.63) is 66.4 Å². The lowest BCUT2D eigenvalue weighted by molar-refractivity contribution is -0.0177. The number of ether oxygens (including phenoxy) is 2. The molecular weight excluding hydrogens is 596 g/mol. The van der Waals surface area contributed by atoms with Gasteiger partial charge in [-0.15, -0.1) is 0 Å². The first-order valence-corrected chi connectivity index (χ1v) is 16.9. The number of aryl methyl sites for hydroxylation is 1. The maximum Gasteiger partial charge on any atom is 0.280 e. The number of pyridine rings is 1. The molecule has 4 atom stereocenters. The Bertz CT molecular complexity index is 1500. The van der Waals surface area contributed by atoms with Crippen molar-refractivity contribution in [3.8, 4) is 5.75 Å². The van der Waals surface area contributed by atoms with Gasteiger partial charge in [-0.25, -0.2) is 4.98 Å². The highest BCUT2D eigenvalue weighted by molar-refractivity contribution is 7.92. The number of rotatable bonds is 9. The number of anilines is 1. The molecule has 0 radical (unpaired) electrons. The monoisotopic (exact) mass is 642 g/mol. The average molecular weight is 643 g/mol. The number of sulfonamides is 1. The van der Waals surface area contributed by atoms with Gasteiger partial charge in [-0.1, -0.05) is 6.92 Å². The molecule has 1 aromatic carbocycles. The Labute approximate surface area is 266 Å². The number of hydrogen-bond acceptors (Lipinski definition) is 9. The number of likely N-dealkylation sites (N-methyl/N-ethyl adjacent to an activating group) is 1. The van der Waals surface area contributed by atoms with Gasteiger partial charge >= 0.3 is 0 Å². The van der Waals surface area contributed by atoms with Crippen LogP contribution in [0.4, 0.5) is 5.69 Å². The fourth-order valence-electron chi connectivity index (χ4n) is 5.36. The Morgan fingerprint density at radius 2 is 1.93 bits per heavy atom. The van der Waals surface area contributed by atoms with E-state index >= 15 is 0 Å². The fraction of sp³-hybridized carbons (Fsp3) is 0.531. The van der Waals surface area contributed by atoms with E-state index in [1.54, 1.807) is 48.0 Å². The summed E-state index contributed by atoms with van der Waals surface area (Å²) in [4.78, 5) is 26.2. The summed E-state index contributed by atoms with van der Waals surface area (Å²) in [7, 11) is -0.266. The number of imidazole rings is 1. The van der Waals surface area contributed by atoms with Crippen molar-refractivity contribution >= 4 is 21.6 Å². The van der Waals surface area contributed by atoms with E-state index in [1.165, 1.54) is 18.6 Å². The molecule has 1 aliphatic heterocycles. The second kappa shape index (κ2) is 15.7. The molecule has 0 spiro atoms. The van der Waals surface area contributed by atoms with Crippen LogP contribution in [0.5, 0.6) is 5.75 Å². The molecule has 12 nitrogen and oxygen atoms in total. The van der Waals surface area contributed by atoms with Crippen molar-refractivity contribution in [2.75, 3.05) is 38.1 Å². The maximum atomic E-state index is 14.3. The summed E-state index contributed by atoms with van der Waals surface area (Å²) in [5.74, 6) is -0.0941. The summed E-state index contributed by atoms with van der Waals surface area (Å²) in [6.45, 7) is 7.82. The summed E-state index contributed by atoms with van der Waals surface area (Å²) in [5.41, 5.74) is 1.56. The average Bonchev–Trinajstić information content (AvgIpc) is 3.46. The third kappa shape index (κ3) is 9.49. The largest absolute Gasteiger partial charge is 0.490 e. The van der Waals surface area contributed by atoms with Crippen LogP contribution in [-0.4, -0.2) is 95.4 Å². The molecule has 1 amide bonds.